The molecule has 1 atom stereocenters. The minimum absolute atomic E-state index is 0.264. The van der Waals surface area contributed by atoms with Gasteiger partial charge in [-0.15, -0.1) is 0 Å². The number of hydrogen-bond acceptors (Lipinski definition) is 6. The Bertz CT molecular complexity index is 570. The van der Waals surface area contributed by atoms with Crippen molar-refractivity contribution in [2.24, 2.45) is 5.41 Å². The Morgan fingerprint density at radius 3 is 2.38 bits per heavy atom. The monoisotopic (exact) mass is 367 g/mol. The highest BCUT2D eigenvalue weighted by Crippen LogP contribution is 2.19. The van der Waals surface area contributed by atoms with E-state index in [0.29, 0.717) is 24.5 Å². The molecule has 26 heavy (non-hydrogen) atoms. The second-order valence-corrected chi connectivity index (χ2v) is 6.77. The fraction of sp³-hybridized carbons (Fsp3) is 0.579. The molecule has 1 rings (SSSR count). The molecular weight excluding hydrogens is 338 g/mol. The normalized spacial score (nSPS) is 12.3. The van der Waals surface area contributed by atoms with E-state index in [1.54, 1.807) is 38.1 Å². The van der Waals surface area contributed by atoms with Gasteiger partial charge in [-0.05, 0) is 43.5 Å². The third-order valence-electron chi connectivity index (χ3n) is 4.06. The molecule has 1 aromatic rings. The number of methoxy groups -OCH3 is 1. The molecule has 1 amide bonds. The third-order valence-corrected chi connectivity index (χ3v) is 4.06. The predicted molar refractivity (Wildman–Crippen MR) is 97.0 cm³/mol. The van der Waals surface area contributed by atoms with Gasteiger partial charge < -0.3 is 25.0 Å². The number of esters is 1. The number of rotatable bonds is 11. The van der Waals surface area contributed by atoms with Gasteiger partial charge in [-0.25, -0.2) is 4.79 Å². The summed E-state index contributed by atoms with van der Waals surface area (Å²) in [4.78, 5) is 23.1. The summed E-state index contributed by atoms with van der Waals surface area (Å²) in [5.41, 5.74) is -0.386. The van der Waals surface area contributed by atoms with E-state index < -0.39 is 17.4 Å². The molecule has 0 radical (unpaired) electrons. The minimum atomic E-state index is -1.23. The van der Waals surface area contributed by atoms with Crippen LogP contribution in [-0.4, -0.2) is 55.1 Å². The van der Waals surface area contributed by atoms with E-state index in [4.69, 9.17) is 9.84 Å². The van der Waals surface area contributed by atoms with Gasteiger partial charge >= 0.3 is 5.97 Å². The first kappa shape index (κ1) is 21.9. The Morgan fingerprint density at radius 2 is 1.81 bits per heavy atom. The number of aliphatic hydroxyl groups is 2. The molecule has 0 unspecified atom stereocenters. The summed E-state index contributed by atoms with van der Waals surface area (Å²) < 4.78 is 10.2. The summed E-state index contributed by atoms with van der Waals surface area (Å²) in [7, 11) is 1.34. The summed E-state index contributed by atoms with van der Waals surface area (Å²) in [5.74, 6) is -0.169. The summed E-state index contributed by atoms with van der Waals surface area (Å²) >= 11 is 0. The number of hydrogen-bond donors (Lipinski definition) is 3. The first-order chi connectivity index (χ1) is 12.3. The Hall–Kier alpha value is -2.12. The molecule has 0 fully saturated rings. The van der Waals surface area contributed by atoms with Crippen LogP contribution in [0.2, 0.25) is 0 Å². The van der Waals surface area contributed by atoms with Gasteiger partial charge in [0.25, 0.3) is 0 Å². The lowest BCUT2D eigenvalue weighted by molar-refractivity contribution is -0.137. The van der Waals surface area contributed by atoms with Crippen molar-refractivity contribution < 1.29 is 29.3 Å². The van der Waals surface area contributed by atoms with E-state index in [-0.39, 0.29) is 12.6 Å². The third kappa shape index (κ3) is 7.01. The molecule has 0 spiro atoms. The van der Waals surface area contributed by atoms with Crippen LogP contribution in [0.15, 0.2) is 24.3 Å². The smallest absolute Gasteiger partial charge is 0.337 e. The van der Waals surface area contributed by atoms with Crippen molar-refractivity contribution in [3.63, 3.8) is 0 Å². The Kier molecular flexibility index (Phi) is 9.09. The molecule has 7 nitrogen and oxygen atoms in total. The topological polar surface area (TPSA) is 105 Å². The number of amides is 1. The lowest BCUT2D eigenvalue weighted by Crippen LogP contribution is -2.45. The Labute approximate surface area is 154 Å². The number of unbranched alkanes of at least 4 members (excludes halogenated alkanes) is 2. The van der Waals surface area contributed by atoms with Gasteiger partial charge in [0.15, 0.2) is 0 Å². The fourth-order valence-corrected chi connectivity index (χ4v) is 2.15. The van der Waals surface area contributed by atoms with Crippen molar-refractivity contribution >= 4 is 11.9 Å². The van der Waals surface area contributed by atoms with Gasteiger partial charge in [-0.2, -0.15) is 0 Å². The summed E-state index contributed by atoms with van der Waals surface area (Å²) in [6.45, 7) is 4.00. The second-order valence-electron chi connectivity index (χ2n) is 6.77. The summed E-state index contributed by atoms with van der Waals surface area (Å²) in [6, 6.07) is 6.74. The van der Waals surface area contributed by atoms with Crippen LogP contribution in [0.3, 0.4) is 0 Å². The highest BCUT2D eigenvalue weighted by molar-refractivity contribution is 5.89. The van der Waals surface area contributed by atoms with Crippen LogP contribution in [0.1, 0.15) is 43.5 Å². The van der Waals surface area contributed by atoms with Crippen LogP contribution in [0.25, 0.3) is 0 Å². The highest BCUT2D eigenvalue weighted by Gasteiger charge is 2.32. The zero-order chi connectivity index (χ0) is 19.6. The van der Waals surface area contributed by atoms with Crippen LogP contribution < -0.4 is 10.1 Å². The quantitative estimate of drug-likeness (QED) is 0.405. The maximum atomic E-state index is 11.8. The maximum Gasteiger partial charge on any atom is 0.337 e. The van der Waals surface area contributed by atoms with Gasteiger partial charge in [-0.3, -0.25) is 4.79 Å². The van der Waals surface area contributed by atoms with Gasteiger partial charge in [0.05, 0.1) is 25.9 Å². The molecular formula is C19H29NO6. The maximum absolute atomic E-state index is 11.8. The molecule has 0 saturated heterocycles. The number of nitrogens with one attached hydrogen (secondary N) is 1. The van der Waals surface area contributed by atoms with E-state index in [2.05, 4.69) is 10.1 Å². The largest absolute Gasteiger partial charge is 0.494 e. The van der Waals surface area contributed by atoms with Gasteiger partial charge in [0, 0.05) is 12.0 Å². The highest BCUT2D eigenvalue weighted by atomic mass is 16.5. The fourth-order valence-electron chi connectivity index (χ4n) is 2.15. The van der Waals surface area contributed by atoms with E-state index in [9.17, 15) is 14.7 Å². The van der Waals surface area contributed by atoms with Crippen molar-refractivity contribution in [2.45, 2.75) is 39.2 Å². The number of ether oxygens (including phenoxy) is 2. The van der Waals surface area contributed by atoms with Crippen LogP contribution in [-0.2, 0) is 9.53 Å². The average molecular weight is 367 g/mol. The minimum Gasteiger partial charge on any atom is -0.494 e. The molecule has 0 aliphatic carbocycles. The Balaban J connectivity index is 2.16. The number of aliphatic hydroxyl groups excluding tert-OH is 2. The van der Waals surface area contributed by atoms with E-state index in [1.807, 2.05) is 0 Å². The first-order valence-corrected chi connectivity index (χ1v) is 8.69. The van der Waals surface area contributed by atoms with Crippen LogP contribution in [0.4, 0.5) is 0 Å². The lowest BCUT2D eigenvalue weighted by Gasteiger charge is -2.27. The standard InChI is InChI=1S/C19H29NO6/c1-19(2,13-21)16(22)17(23)20-11-5-4-6-12-26-15-9-7-14(8-10-15)18(24)25-3/h7-10,16,21-22H,4-6,11-13H2,1-3H3,(H,20,23)/t16-/m0/s1. The SMILES string of the molecule is COC(=O)c1ccc(OCCCCCNC(=O)[C@H](O)C(C)(C)CO)cc1. The Morgan fingerprint density at radius 1 is 1.15 bits per heavy atom. The molecule has 0 heterocycles. The van der Waals surface area contributed by atoms with Gasteiger partial charge in [-0.1, -0.05) is 13.8 Å². The molecule has 0 aromatic heterocycles. The van der Waals surface area contributed by atoms with Crippen LogP contribution in [0.5, 0.6) is 5.75 Å². The number of carbonyl (C=O) groups is 2. The molecule has 1 aromatic carbocycles. The summed E-state index contributed by atoms with van der Waals surface area (Å²) in [6.07, 6.45) is 1.21. The summed E-state index contributed by atoms with van der Waals surface area (Å²) in [5, 5.41) is 21.7. The molecule has 0 aliphatic rings. The molecule has 3 N–H and O–H groups in total. The molecule has 0 aliphatic heterocycles. The van der Waals surface area contributed by atoms with E-state index in [1.165, 1.54) is 7.11 Å². The van der Waals surface area contributed by atoms with E-state index >= 15 is 0 Å². The van der Waals surface area contributed by atoms with Crippen molar-refractivity contribution in [1.82, 2.24) is 5.32 Å². The zero-order valence-electron chi connectivity index (χ0n) is 15.7. The predicted octanol–water partition coefficient (Wildman–Crippen LogP) is 1.52. The number of benzene rings is 1. The van der Waals surface area contributed by atoms with Crippen LogP contribution >= 0.6 is 0 Å². The van der Waals surface area contributed by atoms with Gasteiger partial charge in [0.1, 0.15) is 11.9 Å². The average Bonchev–Trinajstić information content (AvgIpc) is 2.66. The first-order valence-electron chi connectivity index (χ1n) is 8.69. The second kappa shape index (κ2) is 10.8. The van der Waals surface area contributed by atoms with Crippen molar-refractivity contribution in [1.29, 1.82) is 0 Å². The van der Waals surface area contributed by atoms with E-state index in [0.717, 1.165) is 19.3 Å². The van der Waals surface area contributed by atoms with Gasteiger partial charge in [0.2, 0.25) is 5.91 Å². The van der Waals surface area contributed by atoms with Crippen molar-refractivity contribution in [3.8, 4) is 5.75 Å². The van der Waals surface area contributed by atoms with Crippen molar-refractivity contribution in [2.75, 3.05) is 26.9 Å². The van der Waals surface area contributed by atoms with Crippen molar-refractivity contribution in [3.05, 3.63) is 29.8 Å². The lowest BCUT2D eigenvalue weighted by atomic mass is 9.87. The molecule has 7 heteroatoms. The zero-order valence-corrected chi connectivity index (χ0v) is 15.7. The number of carbonyl (C=O) groups excluding carboxylic acids is 2. The molecule has 0 bridgehead atoms. The van der Waals surface area contributed by atoms with Crippen LogP contribution in [0, 0.1) is 5.41 Å². The molecule has 0 saturated carbocycles. The molecule has 146 valence electrons.